The molecule has 0 aromatic heterocycles. The monoisotopic (exact) mass is 639 g/mol. The fourth-order valence-corrected chi connectivity index (χ4v) is 5.65. The van der Waals surface area contributed by atoms with Gasteiger partial charge in [0.25, 0.3) is 0 Å². The predicted molar refractivity (Wildman–Crippen MR) is 197 cm³/mol. The molecular formula is C41H82O4. The standard InChI is InChI=1S/C22H44O2.C19H38O2/c1-3-5-7-8-9-10-11-12-13-14-15-16-17-18-19-20-22(23)24-21-6-4-2;1-4-5-6-7-8-9-10-11-12-13-14-15-16-17-19(20)21-18(2)3/h3-21H2,1-2H3;18H,4-17H2,1-3H3. The van der Waals surface area contributed by atoms with Crippen molar-refractivity contribution in [1.29, 1.82) is 0 Å². The van der Waals surface area contributed by atoms with Gasteiger partial charge in [-0.05, 0) is 33.1 Å². The van der Waals surface area contributed by atoms with Gasteiger partial charge >= 0.3 is 11.9 Å². The molecule has 0 fully saturated rings. The van der Waals surface area contributed by atoms with E-state index >= 15 is 0 Å². The number of carbonyl (C=O) groups excluding carboxylic acids is 2. The second-order valence-corrected chi connectivity index (χ2v) is 13.8. The summed E-state index contributed by atoms with van der Waals surface area (Å²) in [5, 5.41) is 0. The number of hydrogen-bond acceptors (Lipinski definition) is 4. The third-order valence-corrected chi connectivity index (χ3v) is 8.60. The highest BCUT2D eigenvalue weighted by atomic mass is 16.5. The van der Waals surface area contributed by atoms with Gasteiger partial charge in [0.05, 0.1) is 12.7 Å². The molecule has 45 heavy (non-hydrogen) atoms. The highest BCUT2D eigenvalue weighted by molar-refractivity contribution is 5.69. The summed E-state index contributed by atoms with van der Waals surface area (Å²) in [7, 11) is 0. The molecule has 0 rings (SSSR count). The zero-order valence-corrected chi connectivity index (χ0v) is 31.5. The van der Waals surface area contributed by atoms with E-state index in [2.05, 4.69) is 20.8 Å². The number of rotatable bonds is 34. The summed E-state index contributed by atoms with van der Waals surface area (Å²) in [5.74, 6) is -0.0359. The summed E-state index contributed by atoms with van der Waals surface area (Å²) < 4.78 is 10.3. The molecule has 0 N–H and O–H groups in total. The molecule has 0 saturated heterocycles. The van der Waals surface area contributed by atoms with Crippen molar-refractivity contribution in [2.75, 3.05) is 6.61 Å². The fraction of sp³-hybridized carbons (Fsp3) is 0.951. The first kappa shape index (κ1) is 46.1. The van der Waals surface area contributed by atoms with Crippen LogP contribution < -0.4 is 0 Å². The molecule has 4 nitrogen and oxygen atoms in total. The van der Waals surface area contributed by atoms with Gasteiger partial charge in [0.1, 0.15) is 0 Å². The van der Waals surface area contributed by atoms with Gasteiger partial charge in [0.15, 0.2) is 0 Å². The zero-order valence-electron chi connectivity index (χ0n) is 31.5. The molecule has 0 unspecified atom stereocenters. The van der Waals surface area contributed by atoms with Crippen LogP contribution >= 0.6 is 0 Å². The number of carbonyl (C=O) groups is 2. The first-order valence-corrected chi connectivity index (χ1v) is 20.3. The molecule has 0 aromatic rings. The molecule has 0 bridgehead atoms. The Morgan fingerprint density at radius 1 is 0.378 bits per heavy atom. The van der Waals surface area contributed by atoms with Gasteiger partial charge in [-0.2, -0.15) is 0 Å². The molecular weight excluding hydrogens is 556 g/mol. The van der Waals surface area contributed by atoms with E-state index < -0.39 is 0 Å². The Morgan fingerprint density at radius 3 is 0.933 bits per heavy atom. The van der Waals surface area contributed by atoms with Gasteiger partial charge < -0.3 is 9.47 Å². The molecule has 0 aromatic carbocycles. The van der Waals surface area contributed by atoms with E-state index in [-0.39, 0.29) is 18.0 Å². The third kappa shape index (κ3) is 45.1. The quantitative estimate of drug-likeness (QED) is 0.0520. The minimum Gasteiger partial charge on any atom is -0.466 e. The normalized spacial score (nSPS) is 11.0. The molecule has 0 aliphatic rings. The lowest BCUT2D eigenvalue weighted by Crippen LogP contribution is -2.10. The molecule has 0 atom stereocenters. The Bertz CT molecular complexity index is 574. The lowest BCUT2D eigenvalue weighted by Gasteiger charge is -2.07. The Morgan fingerprint density at radius 2 is 0.644 bits per heavy atom. The summed E-state index contributed by atoms with van der Waals surface area (Å²) in [6, 6.07) is 0. The van der Waals surface area contributed by atoms with E-state index in [0.29, 0.717) is 19.4 Å². The van der Waals surface area contributed by atoms with Crippen LogP contribution in [0.1, 0.15) is 240 Å². The summed E-state index contributed by atoms with van der Waals surface area (Å²) >= 11 is 0. The van der Waals surface area contributed by atoms with Crippen LogP contribution in [0, 0.1) is 0 Å². The Labute approximate surface area is 283 Å². The van der Waals surface area contributed by atoms with Crippen LogP contribution in [-0.2, 0) is 19.1 Å². The molecule has 0 aliphatic heterocycles. The second kappa shape index (κ2) is 41.0. The van der Waals surface area contributed by atoms with E-state index in [1.807, 2.05) is 13.8 Å². The summed E-state index contributed by atoms with van der Waals surface area (Å²) in [5.41, 5.74) is 0. The van der Waals surface area contributed by atoms with Gasteiger partial charge in [-0.3, -0.25) is 9.59 Å². The lowest BCUT2D eigenvalue weighted by molar-refractivity contribution is -0.147. The average molecular weight is 639 g/mol. The molecule has 4 heteroatoms. The molecule has 0 saturated carbocycles. The number of hydrogen-bond donors (Lipinski definition) is 0. The van der Waals surface area contributed by atoms with Crippen LogP contribution in [0.5, 0.6) is 0 Å². The SMILES string of the molecule is CCCCCCCCCCCCCCCC(=O)OC(C)C.CCCCCCCCCCCCCCCCCC(=O)OCCCC. The van der Waals surface area contributed by atoms with Gasteiger partial charge in [-0.1, -0.05) is 194 Å². The van der Waals surface area contributed by atoms with E-state index in [1.54, 1.807) is 0 Å². The van der Waals surface area contributed by atoms with Crippen molar-refractivity contribution in [3.63, 3.8) is 0 Å². The van der Waals surface area contributed by atoms with Gasteiger partial charge in [0.2, 0.25) is 0 Å². The minimum absolute atomic E-state index is 0.00172. The maximum absolute atomic E-state index is 11.4. The zero-order chi connectivity index (χ0) is 33.5. The van der Waals surface area contributed by atoms with E-state index in [9.17, 15) is 9.59 Å². The average Bonchev–Trinajstić information content (AvgIpc) is 3.01. The third-order valence-electron chi connectivity index (χ3n) is 8.60. The van der Waals surface area contributed by atoms with Crippen LogP contribution in [0.4, 0.5) is 0 Å². The van der Waals surface area contributed by atoms with Crippen molar-refractivity contribution in [2.24, 2.45) is 0 Å². The van der Waals surface area contributed by atoms with Crippen LogP contribution in [0.2, 0.25) is 0 Å². The molecule has 0 radical (unpaired) electrons. The molecule has 0 heterocycles. The number of unbranched alkanes of at least 4 members (excludes halogenated alkanes) is 27. The van der Waals surface area contributed by atoms with Gasteiger partial charge in [0, 0.05) is 12.8 Å². The second-order valence-electron chi connectivity index (χ2n) is 13.8. The topological polar surface area (TPSA) is 52.6 Å². The predicted octanol–water partition coefficient (Wildman–Crippen LogP) is 14.0. The van der Waals surface area contributed by atoms with Crippen molar-refractivity contribution in [3.8, 4) is 0 Å². The van der Waals surface area contributed by atoms with Crippen molar-refractivity contribution < 1.29 is 19.1 Å². The van der Waals surface area contributed by atoms with E-state index in [0.717, 1.165) is 25.7 Å². The highest BCUT2D eigenvalue weighted by Gasteiger charge is 2.05. The highest BCUT2D eigenvalue weighted by Crippen LogP contribution is 2.15. The summed E-state index contributed by atoms with van der Waals surface area (Å²) in [6.45, 7) is 11.1. The fourth-order valence-electron chi connectivity index (χ4n) is 5.65. The first-order chi connectivity index (χ1) is 22.0. The van der Waals surface area contributed by atoms with E-state index in [1.165, 1.54) is 167 Å². The summed E-state index contributed by atoms with van der Waals surface area (Å²) in [6.07, 6.45) is 41.1. The maximum Gasteiger partial charge on any atom is 0.306 e. The van der Waals surface area contributed by atoms with Gasteiger partial charge in [-0.15, -0.1) is 0 Å². The maximum atomic E-state index is 11.4. The molecule has 0 spiro atoms. The molecule has 270 valence electrons. The molecule has 0 aliphatic carbocycles. The van der Waals surface area contributed by atoms with Crippen LogP contribution in [0.15, 0.2) is 0 Å². The first-order valence-electron chi connectivity index (χ1n) is 20.3. The lowest BCUT2D eigenvalue weighted by atomic mass is 10.0. The van der Waals surface area contributed by atoms with Crippen molar-refractivity contribution in [1.82, 2.24) is 0 Å². The van der Waals surface area contributed by atoms with Gasteiger partial charge in [-0.25, -0.2) is 0 Å². The van der Waals surface area contributed by atoms with Crippen molar-refractivity contribution in [2.45, 2.75) is 246 Å². The van der Waals surface area contributed by atoms with Crippen LogP contribution in [0.3, 0.4) is 0 Å². The molecule has 0 amide bonds. The van der Waals surface area contributed by atoms with Crippen LogP contribution in [0.25, 0.3) is 0 Å². The number of ether oxygens (including phenoxy) is 2. The van der Waals surface area contributed by atoms with E-state index in [4.69, 9.17) is 9.47 Å². The van der Waals surface area contributed by atoms with Crippen molar-refractivity contribution in [3.05, 3.63) is 0 Å². The number of esters is 2. The Hall–Kier alpha value is -1.06. The largest absolute Gasteiger partial charge is 0.466 e. The Balaban J connectivity index is 0. The summed E-state index contributed by atoms with van der Waals surface area (Å²) in [4.78, 5) is 22.8. The smallest absolute Gasteiger partial charge is 0.306 e. The minimum atomic E-state index is -0.0342. The Kier molecular flexibility index (Phi) is 41.9. The van der Waals surface area contributed by atoms with Crippen molar-refractivity contribution >= 4 is 11.9 Å². The van der Waals surface area contributed by atoms with Crippen LogP contribution in [-0.4, -0.2) is 24.6 Å².